The van der Waals surface area contributed by atoms with E-state index in [4.69, 9.17) is 8.83 Å². The first-order chi connectivity index (χ1) is 24.3. The number of hydrogen-bond donors (Lipinski definition) is 0. The molecule has 8 aromatic carbocycles. The van der Waals surface area contributed by atoms with Gasteiger partial charge in [0.15, 0.2) is 0 Å². The summed E-state index contributed by atoms with van der Waals surface area (Å²) in [4.78, 5) is 2.35. The van der Waals surface area contributed by atoms with Gasteiger partial charge < -0.3 is 13.7 Å². The lowest BCUT2D eigenvalue weighted by Crippen LogP contribution is -2.11. The topological polar surface area (TPSA) is 29.5 Å². The summed E-state index contributed by atoms with van der Waals surface area (Å²) in [5, 5.41) is 6.66. The maximum Gasteiger partial charge on any atom is 0.145 e. The minimum atomic E-state index is 0.839. The third-order valence-corrected chi connectivity index (χ3v) is 9.67. The Bertz CT molecular complexity index is 2810. The molecule has 0 aliphatic rings. The molecule has 0 aliphatic carbocycles. The highest BCUT2D eigenvalue weighted by molar-refractivity contribution is 6.28. The average Bonchev–Trinajstić information content (AvgIpc) is 3.74. The van der Waals surface area contributed by atoms with Crippen molar-refractivity contribution < 1.29 is 8.83 Å². The van der Waals surface area contributed by atoms with E-state index in [9.17, 15) is 0 Å². The van der Waals surface area contributed by atoms with Crippen LogP contribution in [0.25, 0.3) is 76.9 Å². The van der Waals surface area contributed by atoms with Crippen LogP contribution in [0.5, 0.6) is 0 Å². The van der Waals surface area contributed by atoms with E-state index in [0.29, 0.717) is 0 Å². The smallest absolute Gasteiger partial charge is 0.145 e. The first kappa shape index (κ1) is 27.5. The van der Waals surface area contributed by atoms with Crippen LogP contribution in [-0.4, -0.2) is 0 Å². The van der Waals surface area contributed by atoms with Gasteiger partial charge in [0.1, 0.15) is 22.3 Å². The monoisotopic (exact) mass is 627 g/mol. The zero-order chi connectivity index (χ0) is 32.3. The molecule has 0 saturated heterocycles. The molecule has 3 nitrogen and oxygen atoms in total. The predicted molar refractivity (Wildman–Crippen MR) is 204 cm³/mol. The maximum absolute atomic E-state index is 6.98. The molecule has 10 aromatic rings. The first-order valence-corrected chi connectivity index (χ1v) is 16.6. The Morgan fingerprint density at radius 2 is 0.980 bits per heavy atom. The Hall–Kier alpha value is -6.58. The van der Waals surface area contributed by atoms with Crippen LogP contribution in [0, 0.1) is 0 Å². The van der Waals surface area contributed by atoms with E-state index < -0.39 is 0 Å². The number of nitrogens with zero attached hydrogens (tertiary/aromatic N) is 1. The zero-order valence-electron chi connectivity index (χ0n) is 26.5. The van der Waals surface area contributed by atoms with Crippen LogP contribution in [0.4, 0.5) is 17.1 Å². The lowest BCUT2D eigenvalue weighted by atomic mass is 9.93. The van der Waals surface area contributed by atoms with E-state index >= 15 is 0 Å². The SMILES string of the molecule is c1ccc(-c2ccc(N(c3ccccc3)c3ccc4c(oc5ccc6oc7ccccc7c6c54)c3-c3cccc4ccccc34)cc2)cc1. The molecule has 0 amide bonds. The number of anilines is 3. The van der Waals surface area contributed by atoms with Crippen molar-refractivity contribution >= 4 is 71.7 Å². The second kappa shape index (κ2) is 11.0. The van der Waals surface area contributed by atoms with Crippen LogP contribution in [0.15, 0.2) is 185 Å². The molecule has 0 bridgehead atoms. The number of benzene rings is 8. The van der Waals surface area contributed by atoms with Gasteiger partial charge in [-0.05, 0) is 82.1 Å². The van der Waals surface area contributed by atoms with E-state index in [1.54, 1.807) is 0 Å². The van der Waals surface area contributed by atoms with Gasteiger partial charge in [0.05, 0.1) is 5.69 Å². The van der Waals surface area contributed by atoms with Crippen LogP contribution in [-0.2, 0) is 0 Å². The highest BCUT2D eigenvalue weighted by Crippen LogP contribution is 2.49. The Morgan fingerprint density at radius 1 is 0.367 bits per heavy atom. The molecular weight excluding hydrogens is 599 g/mol. The maximum atomic E-state index is 6.98. The molecule has 49 heavy (non-hydrogen) atoms. The molecule has 0 aliphatic heterocycles. The van der Waals surface area contributed by atoms with Gasteiger partial charge in [-0.25, -0.2) is 0 Å². The molecule has 0 spiro atoms. The van der Waals surface area contributed by atoms with Crippen molar-refractivity contribution in [3.05, 3.63) is 176 Å². The third-order valence-electron chi connectivity index (χ3n) is 9.67. The predicted octanol–water partition coefficient (Wildman–Crippen LogP) is 13.4. The lowest BCUT2D eigenvalue weighted by molar-refractivity contribution is 0.663. The standard InChI is InChI=1S/C46H29NO2/c1-3-12-30(13-4-1)31-22-24-34(25-23-31)47(33-16-5-2-6-17-33)39-27-26-38-45-42(29-28-41-44(45)37-19-9-10-21-40(37)48-41)49-46(38)43(39)36-20-11-15-32-14-7-8-18-35(32)36/h1-29H. The number of para-hydroxylation sites is 2. The Labute approximate surface area is 282 Å². The Kier molecular flexibility index (Phi) is 6.18. The molecule has 2 heterocycles. The van der Waals surface area contributed by atoms with E-state index in [1.807, 2.05) is 24.3 Å². The summed E-state index contributed by atoms with van der Waals surface area (Å²) in [6.07, 6.45) is 0. The molecule has 3 heteroatoms. The number of furan rings is 2. The molecule has 0 N–H and O–H groups in total. The molecule has 0 fully saturated rings. The van der Waals surface area contributed by atoms with Gasteiger partial charge in [-0.1, -0.05) is 121 Å². The van der Waals surface area contributed by atoms with Gasteiger partial charge in [0.2, 0.25) is 0 Å². The van der Waals surface area contributed by atoms with E-state index in [2.05, 4.69) is 157 Å². The fourth-order valence-corrected chi connectivity index (χ4v) is 7.46. The highest BCUT2D eigenvalue weighted by atomic mass is 16.3. The highest BCUT2D eigenvalue weighted by Gasteiger charge is 2.25. The van der Waals surface area contributed by atoms with Crippen molar-refractivity contribution in [1.82, 2.24) is 0 Å². The molecular formula is C46H29NO2. The molecule has 0 saturated carbocycles. The Balaban J connectivity index is 1.30. The summed E-state index contributed by atoms with van der Waals surface area (Å²) in [7, 11) is 0. The second-order valence-electron chi connectivity index (χ2n) is 12.5. The first-order valence-electron chi connectivity index (χ1n) is 16.6. The average molecular weight is 628 g/mol. The fourth-order valence-electron chi connectivity index (χ4n) is 7.46. The van der Waals surface area contributed by atoms with Crippen LogP contribution in [0.2, 0.25) is 0 Å². The minimum absolute atomic E-state index is 0.839. The van der Waals surface area contributed by atoms with Crippen LogP contribution < -0.4 is 4.90 Å². The number of rotatable bonds is 5. The van der Waals surface area contributed by atoms with Crippen molar-refractivity contribution in [3.8, 4) is 22.3 Å². The largest absolute Gasteiger partial charge is 0.456 e. The van der Waals surface area contributed by atoms with Gasteiger partial charge in [-0.15, -0.1) is 0 Å². The van der Waals surface area contributed by atoms with Crippen LogP contribution in [0.1, 0.15) is 0 Å². The summed E-state index contributed by atoms with van der Waals surface area (Å²) in [5.74, 6) is 0. The summed E-state index contributed by atoms with van der Waals surface area (Å²) in [6, 6.07) is 61.9. The summed E-state index contributed by atoms with van der Waals surface area (Å²) < 4.78 is 13.3. The van der Waals surface area contributed by atoms with Crippen molar-refractivity contribution in [2.45, 2.75) is 0 Å². The minimum Gasteiger partial charge on any atom is -0.456 e. The lowest BCUT2D eigenvalue weighted by Gasteiger charge is -2.28. The summed E-state index contributed by atoms with van der Waals surface area (Å²) in [6.45, 7) is 0. The Morgan fingerprint density at radius 3 is 1.80 bits per heavy atom. The zero-order valence-corrected chi connectivity index (χ0v) is 26.5. The molecule has 0 unspecified atom stereocenters. The van der Waals surface area contributed by atoms with Crippen LogP contribution >= 0.6 is 0 Å². The van der Waals surface area contributed by atoms with E-state index in [1.165, 1.54) is 21.9 Å². The van der Waals surface area contributed by atoms with Crippen molar-refractivity contribution in [3.63, 3.8) is 0 Å². The van der Waals surface area contributed by atoms with Gasteiger partial charge in [-0.2, -0.15) is 0 Å². The van der Waals surface area contributed by atoms with Crippen molar-refractivity contribution in [1.29, 1.82) is 0 Å². The van der Waals surface area contributed by atoms with E-state index in [-0.39, 0.29) is 0 Å². The molecule has 230 valence electrons. The molecule has 0 atom stereocenters. The molecule has 0 radical (unpaired) electrons. The van der Waals surface area contributed by atoms with Gasteiger partial charge in [0.25, 0.3) is 0 Å². The van der Waals surface area contributed by atoms with Crippen molar-refractivity contribution in [2.24, 2.45) is 0 Å². The molecule has 2 aromatic heterocycles. The number of hydrogen-bond acceptors (Lipinski definition) is 3. The van der Waals surface area contributed by atoms with Crippen molar-refractivity contribution in [2.75, 3.05) is 4.90 Å². The summed E-state index contributed by atoms with van der Waals surface area (Å²) in [5.41, 5.74) is 11.1. The van der Waals surface area contributed by atoms with Gasteiger partial charge in [-0.3, -0.25) is 0 Å². The van der Waals surface area contributed by atoms with Crippen LogP contribution in [0.3, 0.4) is 0 Å². The van der Waals surface area contributed by atoms with E-state index in [0.717, 1.165) is 72.1 Å². The fraction of sp³-hybridized carbons (Fsp3) is 0. The quantitative estimate of drug-likeness (QED) is 0.190. The normalized spacial score (nSPS) is 11.7. The summed E-state index contributed by atoms with van der Waals surface area (Å²) >= 11 is 0. The van der Waals surface area contributed by atoms with Gasteiger partial charge >= 0.3 is 0 Å². The molecule has 10 rings (SSSR count). The second-order valence-corrected chi connectivity index (χ2v) is 12.5. The van der Waals surface area contributed by atoms with Gasteiger partial charge in [0, 0.05) is 38.5 Å². The third kappa shape index (κ3) is 4.37. The number of fused-ring (bicyclic) bond motifs is 8.